The van der Waals surface area contributed by atoms with Crippen molar-refractivity contribution >= 4 is 21.5 Å². The molecule has 0 radical (unpaired) electrons. The second kappa shape index (κ2) is 3.38. The quantitative estimate of drug-likeness (QED) is 0.602. The second-order valence-corrected chi connectivity index (χ2v) is 4.57. The molecule has 1 aromatic heterocycles. The summed E-state index contributed by atoms with van der Waals surface area (Å²) in [4.78, 5) is 0.611. The Kier molecular flexibility index (Phi) is 2.66. The van der Waals surface area contributed by atoms with E-state index in [1.165, 1.54) is 17.4 Å². The first-order valence-corrected chi connectivity index (χ1v) is 5.52. The van der Waals surface area contributed by atoms with E-state index in [4.69, 9.17) is 4.55 Å². The standard InChI is InChI=1S/C7H8O3S2/c1-2-3-6-7(4-5-11-6)12(8,9)10/h2,4-5H,1,3H2,(H,8,9,10). The van der Waals surface area contributed by atoms with Gasteiger partial charge in [-0.15, -0.1) is 17.9 Å². The third-order valence-electron chi connectivity index (χ3n) is 1.31. The molecule has 0 aliphatic rings. The van der Waals surface area contributed by atoms with Crippen LogP contribution in [0.3, 0.4) is 0 Å². The van der Waals surface area contributed by atoms with Gasteiger partial charge in [-0.25, -0.2) is 0 Å². The van der Waals surface area contributed by atoms with Crippen LogP contribution in [0.25, 0.3) is 0 Å². The Morgan fingerprint density at radius 1 is 1.67 bits per heavy atom. The predicted molar refractivity (Wildman–Crippen MR) is 48.0 cm³/mol. The average molecular weight is 204 g/mol. The zero-order chi connectivity index (χ0) is 9.19. The third-order valence-corrected chi connectivity index (χ3v) is 3.32. The highest BCUT2D eigenvalue weighted by Gasteiger charge is 2.14. The van der Waals surface area contributed by atoms with Crippen molar-refractivity contribution in [1.29, 1.82) is 0 Å². The molecule has 0 saturated carbocycles. The van der Waals surface area contributed by atoms with Gasteiger partial charge < -0.3 is 0 Å². The lowest BCUT2D eigenvalue weighted by molar-refractivity contribution is 0.483. The van der Waals surface area contributed by atoms with Crippen LogP contribution in [0.2, 0.25) is 0 Å². The van der Waals surface area contributed by atoms with Gasteiger partial charge in [0.1, 0.15) is 4.90 Å². The highest BCUT2D eigenvalue weighted by atomic mass is 32.2. The van der Waals surface area contributed by atoms with Crippen LogP contribution in [0.1, 0.15) is 4.88 Å². The van der Waals surface area contributed by atoms with Crippen LogP contribution in [0, 0.1) is 0 Å². The molecule has 3 nitrogen and oxygen atoms in total. The van der Waals surface area contributed by atoms with Crippen LogP contribution in [-0.4, -0.2) is 13.0 Å². The maximum atomic E-state index is 10.7. The number of hydrogen-bond donors (Lipinski definition) is 1. The van der Waals surface area contributed by atoms with E-state index >= 15 is 0 Å². The maximum absolute atomic E-state index is 10.7. The summed E-state index contributed by atoms with van der Waals surface area (Å²) in [6.07, 6.45) is 2.06. The summed E-state index contributed by atoms with van der Waals surface area (Å²) in [5.74, 6) is 0. The third kappa shape index (κ3) is 1.94. The van der Waals surface area contributed by atoms with Crippen molar-refractivity contribution in [3.63, 3.8) is 0 Å². The smallest absolute Gasteiger partial charge is 0.282 e. The van der Waals surface area contributed by atoms with Crippen molar-refractivity contribution in [1.82, 2.24) is 0 Å². The molecule has 5 heteroatoms. The van der Waals surface area contributed by atoms with Gasteiger partial charge >= 0.3 is 0 Å². The minimum atomic E-state index is -4.05. The van der Waals surface area contributed by atoms with Gasteiger partial charge in [-0.05, 0) is 11.4 Å². The summed E-state index contributed by atoms with van der Waals surface area (Å²) in [7, 11) is -4.05. The fourth-order valence-electron chi connectivity index (χ4n) is 0.839. The lowest BCUT2D eigenvalue weighted by Gasteiger charge is -1.95. The highest BCUT2D eigenvalue weighted by molar-refractivity contribution is 7.86. The van der Waals surface area contributed by atoms with E-state index in [0.717, 1.165) is 0 Å². The summed E-state index contributed by atoms with van der Waals surface area (Å²) < 4.78 is 30.2. The van der Waals surface area contributed by atoms with E-state index in [2.05, 4.69) is 6.58 Å². The Morgan fingerprint density at radius 3 is 2.83 bits per heavy atom. The van der Waals surface area contributed by atoms with E-state index < -0.39 is 10.1 Å². The largest absolute Gasteiger partial charge is 0.295 e. The zero-order valence-corrected chi connectivity index (χ0v) is 7.86. The molecule has 1 aromatic rings. The summed E-state index contributed by atoms with van der Waals surface area (Å²) >= 11 is 1.29. The van der Waals surface area contributed by atoms with Gasteiger partial charge in [0.05, 0.1) is 0 Å². The topological polar surface area (TPSA) is 54.4 Å². The normalized spacial score (nSPS) is 11.4. The molecule has 12 heavy (non-hydrogen) atoms. The molecule has 0 spiro atoms. The van der Waals surface area contributed by atoms with Crippen molar-refractivity contribution in [2.75, 3.05) is 0 Å². The van der Waals surface area contributed by atoms with Crippen molar-refractivity contribution in [2.45, 2.75) is 11.3 Å². The molecular weight excluding hydrogens is 196 g/mol. The second-order valence-electron chi connectivity index (χ2n) is 2.18. The minimum Gasteiger partial charge on any atom is -0.282 e. The predicted octanol–water partition coefficient (Wildman–Crippen LogP) is 1.72. The van der Waals surface area contributed by atoms with Crippen LogP contribution >= 0.6 is 11.3 Å². The van der Waals surface area contributed by atoms with Gasteiger partial charge in [0, 0.05) is 11.3 Å². The van der Waals surface area contributed by atoms with Crippen LogP contribution in [0.5, 0.6) is 0 Å². The van der Waals surface area contributed by atoms with Crippen LogP contribution in [-0.2, 0) is 16.5 Å². The number of thiophene rings is 1. The van der Waals surface area contributed by atoms with Gasteiger partial charge in [-0.2, -0.15) is 8.42 Å². The average Bonchev–Trinajstić information content (AvgIpc) is 2.34. The van der Waals surface area contributed by atoms with E-state index in [1.54, 1.807) is 11.5 Å². The lowest BCUT2D eigenvalue weighted by Crippen LogP contribution is -1.98. The highest BCUT2D eigenvalue weighted by Crippen LogP contribution is 2.22. The molecule has 0 amide bonds. The molecule has 0 aliphatic carbocycles. The molecule has 0 aliphatic heterocycles. The summed E-state index contributed by atoms with van der Waals surface area (Å²) in [5, 5.41) is 1.63. The van der Waals surface area contributed by atoms with E-state index in [9.17, 15) is 8.42 Å². The van der Waals surface area contributed by atoms with Gasteiger partial charge in [0.15, 0.2) is 0 Å². The fraction of sp³-hybridized carbons (Fsp3) is 0.143. The number of hydrogen-bond acceptors (Lipinski definition) is 3. The number of rotatable bonds is 3. The molecule has 0 saturated heterocycles. The Balaban J connectivity index is 3.16. The van der Waals surface area contributed by atoms with Crippen LogP contribution in [0.15, 0.2) is 29.0 Å². The first-order valence-electron chi connectivity index (χ1n) is 3.20. The Labute approximate surface area is 75.1 Å². The van der Waals surface area contributed by atoms with E-state index in [0.29, 0.717) is 11.3 Å². The molecular formula is C7H8O3S2. The van der Waals surface area contributed by atoms with Crippen LogP contribution in [0.4, 0.5) is 0 Å². The van der Waals surface area contributed by atoms with Gasteiger partial charge in [-0.1, -0.05) is 6.08 Å². The molecule has 0 atom stereocenters. The molecule has 66 valence electrons. The summed E-state index contributed by atoms with van der Waals surface area (Å²) in [6, 6.07) is 1.39. The Hall–Kier alpha value is -0.650. The SMILES string of the molecule is C=CCc1sccc1S(=O)(=O)O. The minimum absolute atomic E-state index is 0.00704. The molecule has 0 unspecified atom stereocenters. The van der Waals surface area contributed by atoms with Crippen molar-refractivity contribution in [3.05, 3.63) is 29.0 Å². The van der Waals surface area contributed by atoms with Crippen molar-refractivity contribution in [3.8, 4) is 0 Å². The fourth-order valence-corrected chi connectivity index (χ4v) is 2.76. The molecule has 0 aromatic carbocycles. The number of allylic oxidation sites excluding steroid dienone is 1. The monoisotopic (exact) mass is 204 g/mol. The zero-order valence-electron chi connectivity index (χ0n) is 6.23. The van der Waals surface area contributed by atoms with E-state index in [1.807, 2.05) is 0 Å². The van der Waals surface area contributed by atoms with Gasteiger partial charge in [-0.3, -0.25) is 4.55 Å². The first-order chi connectivity index (χ1) is 5.55. The van der Waals surface area contributed by atoms with Crippen molar-refractivity contribution in [2.24, 2.45) is 0 Å². The summed E-state index contributed by atoms with van der Waals surface area (Å²) in [6.45, 7) is 3.49. The van der Waals surface area contributed by atoms with Gasteiger partial charge in [0.2, 0.25) is 0 Å². The molecule has 0 bridgehead atoms. The summed E-state index contributed by atoms with van der Waals surface area (Å²) in [5.41, 5.74) is 0. The molecule has 1 rings (SSSR count). The van der Waals surface area contributed by atoms with E-state index in [-0.39, 0.29) is 4.90 Å². The molecule has 0 fully saturated rings. The Morgan fingerprint density at radius 2 is 2.33 bits per heavy atom. The van der Waals surface area contributed by atoms with Crippen molar-refractivity contribution < 1.29 is 13.0 Å². The lowest BCUT2D eigenvalue weighted by atomic mass is 10.3. The maximum Gasteiger partial charge on any atom is 0.295 e. The molecule has 1 N–H and O–H groups in total. The van der Waals surface area contributed by atoms with Crippen LogP contribution < -0.4 is 0 Å². The van der Waals surface area contributed by atoms with Gasteiger partial charge in [0.25, 0.3) is 10.1 Å². The Bertz CT molecular complexity index is 375. The molecule has 1 heterocycles. The first kappa shape index (κ1) is 9.44.